The van der Waals surface area contributed by atoms with Crippen molar-refractivity contribution in [3.05, 3.63) is 21.9 Å². The maximum absolute atomic E-state index is 3.81. The highest BCUT2D eigenvalue weighted by Gasteiger charge is 2.28. The smallest absolute Gasteiger partial charge is 0.0359 e. The third kappa shape index (κ3) is 3.36. The standard InChI is InChI=1S/C16H27NS/c1-4-8-17-16(15-11-18-10-13(15)3)14-7-5-6-12(2)9-14/h10-12,14,16-17H,4-9H2,1-3H3. The van der Waals surface area contributed by atoms with Gasteiger partial charge >= 0.3 is 0 Å². The van der Waals surface area contributed by atoms with Gasteiger partial charge in [0.1, 0.15) is 0 Å². The zero-order chi connectivity index (χ0) is 13.0. The second-order valence-electron chi connectivity index (χ2n) is 5.97. The molecule has 3 atom stereocenters. The molecule has 3 unspecified atom stereocenters. The van der Waals surface area contributed by atoms with Crippen molar-refractivity contribution in [2.75, 3.05) is 6.54 Å². The van der Waals surface area contributed by atoms with E-state index < -0.39 is 0 Å². The monoisotopic (exact) mass is 265 g/mol. The van der Waals surface area contributed by atoms with E-state index in [2.05, 4.69) is 36.8 Å². The second kappa shape index (κ2) is 6.72. The topological polar surface area (TPSA) is 12.0 Å². The summed E-state index contributed by atoms with van der Waals surface area (Å²) in [5.41, 5.74) is 3.04. The molecule has 0 bridgehead atoms. The van der Waals surface area contributed by atoms with Crippen molar-refractivity contribution in [1.82, 2.24) is 5.32 Å². The zero-order valence-corrected chi connectivity index (χ0v) is 12.9. The summed E-state index contributed by atoms with van der Waals surface area (Å²) in [5.74, 6) is 1.75. The quantitative estimate of drug-likeness (QED) is 0.796. The molecule has 0 aromatic carbocycles. The average molecular weight is 265 g/mol. The minimum absolute atomic E-state index is 0.596. The molecule has 2 rings (SSSR count). The Balaban J connectivity index is 2.11. The van der Waals surface area contributed by atoms with E-state index >= 15 is 0 Å². The van der Waals surface area contributed by atoms with Gasteiger partial charge in [0.25, 0.3) is 0 Å². The van der Waals surface area contributed by atoms with Gasteiger partial charge in [-0.1, -0.05) is 26.7 Å². The van der Waals surface area contributed by atoms with E-state index in [0.717, 1.165) is 18.4 Å². The van der Waals surface area contributed by atoms with Gasteiger partial charge in [-0.25, -0.2) is 0 Å². The number of rotatable bonds is 5. The summed E-state index contributed by atoms with van der Waals surface area (Å²) in [7, 11) is 0. The molecule has 1 fully saturated rings. The minimum atomic E-state index is 0.596. The van der Waals surface area contributed by atoms with Crippen LogP contribution in [0.4, 0.5) is 0 Å². The summed E-state index contributed by atoms with van der Waals surface area (Å²) in [6, 6.07) is 0.596. The Hall–Kier alpha value is -0.340. The van der Waals surface area contributed by atoms with Crippen LogP contribution in [-0.4, -0.2) is 6.54 Å². The molecule has 0 saturated heterocycles. The summed E-state index contributed by atoms with van der Waals surface area (Å²) >= 11 is 1.85. The highest BCUT2D eigenvalue weighted by atomic mass is 32.1. The van der Waals surface area contributed by atoms with Gasteiger partial charge in [0.2, 0.25) is 0 Å². The first kappa shape index (κ1) is 14.1. The van der Waals surface area contributed by atoms with Crippen molar-refractivity contribution in [2.45, 2.75) is 58.9 Å². The van der Waals surface area contributed by atoms with Crippen LogP contribution in [0.5, 0.6) is 0 Å². The van der Waals surface area contributed by atoms with E-state index in [1.54, 1.807) is 5.56 Å². The third-order valence-corrected chi connectivity index (χ3v) is 5.17. The van der Waals surface area contributed by atoms with Gasteiger partial charge in [-0.2, -0.15) is 11.3 Å². The molecule has 1 nitrogen and oxygen atoms in total. The highest BCUT2D eigenvalue weighted by molar-refractivity contribution is 7.08. The molecule has 18 heavy (non-hydrogen) atoms. The summed E-state index contributed by atoms with van der Waals surface area (Å²) in [4.78, 5) is 0. The molecule has 102 valence electrons. The lowest BCUT2D eigenvalue weighted by atomic mass is 9.76. The minimum Gasteiger partial charge on any atom is -0.310 e. The number of aryl methyl sites for hydroxylation is 1. The molecule has 0 amide bonds. The van der Waals surface area contributed by atoms with Crippen LogP contribution in [0.3, 0.4) is 0 Å². The SMILES string of the molecule is CCCNC(c1cscc1C)C1CCCC(C)C1. The number of nitrogens with one attached hydrogen (secondary N) is 1. The Kier molecular flexibility index (Phi) is 5.25. The maximum atomic E-state index is 3.81. The molecule has 1 heterocycles. The Morgan fingerprint density at radius 1 is 1.39 bits per heavy atom. The highest BCUT2D eigenvalue weighted by Crippen LogP contribution is 2.38. The number of hydrogen-bond acceptors (Lipinski definition) is 2. The summed E-state index contributed by atoms with van der Waals surface area (Å²) < 4.78 is 0. The Labute approximate surface area is 116 Å². The van der Waals surface area contributed by atoms with Crippen LogP contribution in [0.15, 0.2) is 10.8 Å². The van der Waals surface area contributed by atoms with Crippen molar-refractivity contribution in [3.63, 3.8) is 0 Å². The second-order valence-corrected chi connectivity index (χ2v) is 6.72. The Bertz CT molecular complexity index is 358. The van der Waals surface area contributed by atoms with Gasteiger partial charge < -0.3 is 5.32 Å². The van der Waals surface area contributed by atoms with Gasteiger partial charge in [0.05, 0.1) is 0 Å². The largest absolute Gasteiger partial charge is 0.310 e. The molecule has 1 aromatic heterocycles. The Morgan fingerprint density at radius 2 is 2.22 bits per heavy atom. The van der Waals surface area contributed by atoms with Crippen LogP contribution in [0.25, 0.3) is 0 Å². The van der Waals surface area contributed by atoms with Crippen LogP contribution in [-0.2, 0) is 0 Å². The van der Waals surface area contributed by atoms with E-state index in [0.29, 0.717) is 6.04 Å². The van der Waals surface area contributed by atoms with Crippen molar-refractivity contribution in [2.24, 2.45) is 11.8 Å². The van der Waals surface area contributed by atoms with E-state index in [4.69, 9.17) is 0 Å². The van der Waals surface area contributed by atoms with Crippen molar-refractivity contribution >= 4 is 11.3 Å². The summed E-state index contributed by atoms with van der Waals surface area (Å²) in [5, 5.41) is 8.47. The lowest BCUT2D eigenvalue weighted by Crippen LogP contribution is -2.32. The molecule has 1 saturated carbocycles. The lowest BCUT2D eigenvalue weighted by molar-refractivity contribution is 0.223. The molecule has 1 aromatic rings. The number of thiophene rings is 1. The van der Waals surface area contributed by atoms with E-state index in [1.807, 2.05) is 11.3 Å². The van der Waals surface area contributed by atoms with Crippen molar-refractivity contribution in [3.8, 4) is 0 Å². The van der Waals surface area contributed by atoms with Crippen LogP contribution < -0.4 is 5.32 Å². The first-order chi connectivity index (χ1) is 8.72. The fraction of sp³-hybridized carbons (Fsp3) is 0.750. The molecule has 2 heteroatoms. The van der Waals surface area contributed by atoms with E-state index in [-0.39, 0.29) is 0 Å². The van der Waals surface area contributed by atoms with Crippen LogP contribution in [0.1, 0.15) is 63.1 Å². The maximum Gasteiger partial charge on any atom is 0.0359 e. The first-order valence-corrected chi connectivity index (χ1v) is 8.42. The van der Waals surface area contributed by atoms with Gasteiger partial charge in [-0.05, 0) is 66.5 Å². The first-order valence-electron chi connectivity index (χ1n) is 7.48. The zero-order valence-electron chi connectivity index (χ0n) is 12.0. The normalized spacial score (nSPS) is 26.2. The van der Waals surface area contributed by atoms with Crippen molar-refractivity contribution < 1.29 is 0 Å². The van der Waals surface area contributed by atoms with Crippen LogP contribution >= 0.6 is 11.3 Å². The van der Waals surface area contributed by atoms with Gasteiger partial charge in [0, 0.05) is 6.04 Å². The van der Waals surface area contributed by atoms with Crippen molar-refractivity contribution in [1.29, 1.82) is 0 Å². The van der Waals surface area contributed by atoms with Crippen LogP contribution in [0.2, 0.25) is 0 Å². The van der Waals surface area contributed by atoms with Gasteiger partial charge in [-0.15, -0.1) is 0 Å². The average Bonchev–Trinajstić information content (AvgIpc) is 2.77. The molecule has 0 spiro atoms. The lowest BCUT2D eigenvalue weighted by Gasteiger charge is -2.34. The molecular weight excluding hydrogens is 238 g/mol. The number of hydrogen-bond donors (Lipinski definition) is 1. The fourth-order valence-electron chi connectivity index (χ4n) is 3.30. The molecular formula is C16H27NS. The van der Waals surface area contributed by atoms with Crippen LogP contribution in [0, 0.1) is 18.8 Å². The predicted molar refractivity (Wildman–Crippen MR) is 81.2 cm³/mol. The van der Waals surface area contributed by atoms with Gasteiger partial charge in [0.15, 0.2) is 0 Å². The van der Waals surface area contributed by atoms with Gasteiger partial charge in [-0.3, -0.25) is 0 Å². The van der Waals surface area contributed by atoms with E-state index in [9.17, 15) is 0 Å². The molecule has 0 aliphatic heterocycles. The van der Waals surface area contributed by atoms with E-state index in [1.165, 1.54) is 37.7 Å². The summed E-state index contributed by atoms with van der Waals surface area (Å²) in [6.45, 7) is 8.08. The summed E-state index contributed by atoms with van der Waals surface area (Å²) in [6.07, 6.45) is 6.87. The third-order valence-electron chi connectivity index (χ3n) is 4.29. The molecule has 1 aliphatic carbocycles. The Morgan fingerprint density at radius 3 is 2.83 bits per heavy atom. The predicted octanol–water partition coefficient (Wildman–Crippen LogP) is 4.92. The fourth-order valence-corrected chi connectivity index (χ4v) is 4.19. The molecule has 1 aliphatic rings. The molecule has 1 N–H and O–H groups in total. The molecule has 0 radical (unpaired) electrons.